The molecule has 0 atom stereocenters. The molecule has 0 saturated heterocycles. The number of para-hydroxylation sites is 1. The molecule has 65 heavy (non-hydrogen) atoms. The van der Waals surface area contributed by atoms with Crippen molar-refractivity contribution in [1.29, 1.82) is 0 Å². The van der Waals surface area contributed by atoms with E-state index < -0.39 is 150 Å². The van der Waals surface area contributed by atoms with Crippen LogP contribution in [0.2, 0.25) is 0 Å². The molecular weight excluding hydrogens is 929 g/mol. The number of nitrogens with zero attached hydrogens (tertiary/aromatic N) is 1. The second kappa shape index (κ2) is 17.4. The zero-order valence-corrected chi connectivity index (χ0v) is 31.0. The molecule has 0 bridgehead atoms. The molecule has 338 valence electrons. The third-order valence-corrected chi connectivity index (χ3v) is 10.0. The zero-order valence-electron chi connectivity index (χ0n) is 31.0. The summed E-state index contributed by atoms with van der Waals surface area (Å²) in [6, 6.07) is 21.2. The Morgan fingerprint density at radius 3 is 0.954 bits per heavy atom. The van der Waals surface area contributed by atoms with Crippen molar-refractivity contribution >= 4 is 44.9 Å². The number of carbonyl (C=O) groups is 1. The molecular formula is C41H14BF20NO2. The molecule has 6 aromatic carbocycles. The lowest BCUT2D eigenvalue weighted by Crippen LogP contribution is -2.81. The quantitative estimate of drug-likeness (QED) is 0.0572. The summed E-state index contributed by atoms with van der Waals surface area (Å²) in [4.78, 5) is 11.4. The number of halogens is 20. The third kappa shape index (κ3) is 7.33. The highest BCUT2D eigenvalue weighted by molar-refractivity contribution is 7.20. The number of benzene rings is 6. The largest absolute Gasteiger partial charge is 0.473 e. The van der Waals surface area contributed by atoms with E-state index in [1.807, 2.05) is 65.2 Å². The van der Waals surface area contributed by atoms with Crippen molar-refractivity contribution in [3.63, 3.8) is 0 Å². The van der Waals surface area contributed by atoms with Crippen LogP contribution in [0.3, 0.4) is 0 Å². The summed E-state index contributed by atoms with van der Waals surface area (Å²) < 4.78 is 296. The maximum atomic E-state index is 15.4. The maximum absolute atomic E-state index is 15.4. The minimum Gasteiger partial charge on any atom is -0.473 e. The fourth-order valence-electron chi connectivity index (χ4n) is 7.26. The molecule has 7 aromatic rings. The van der Waals surface area contributed by atoms with Gasteiger partial charge in [0.2, 0.25) is 5.52 Å². The number of rotatable bonds is 7. The van der Waals surface area contributed by atoms with Gasteiger partial charge in [-0.3, -0.25) is 0 Å². The Balaban J connectivity index is 0.000000289. The van der Waals surface area contributed by atoms with Crippen LogP contribution < -0.4 is 26.4 Å². The summed E-state index contributed by atoms with van der Waals surface area (Å²) >= 11 is 0. The van der Waals surface area contributed by atoms with Crippen LogP contribution in [0.25, 0.3) is 10.9 Å². The summed E-state index contributed by atoms with van der Waals surface area (Å²) in [6.45, 7) is 0.545. The molecule has 1 aromatic heterocycles. The first-order valence-electron chi connectivity index (χ1n) is 17.4. The van der Waals surface area contributed by atoms with Gasteiger partial charge in [0.1, 0.15) is 52.7 Å². The van der Waals surface area contributed by atoms with Crippen LogP contribution in [0, 0.1) is 116 Å². The minimum atomic E-state index is -7.22. The van der Waals surface area contributed by atoms with Gasteiger partial charge in [-0.05, 0) is 12.1 Å². The van der Waals surface area contributed by atoms with E-state index in [-0.39, 0.29) is 0 Å². The summed E-state index contributed by atoms with van der Waals surface area (Å²) in [7, 11) is 0. The lowest BCUT2D eigenvalue weighted by Gasteiger charge is -2.44. The van der Waals surface area contributed by atoms with Crippen LogP contribution in [0.5, 0.6) is 0 Å². The van der Waals surface area contributed by atoms with Crippen LogP contribution >= 0.6 is 0 Å². The van der Waals surface area contributed by atoms with Crippen molar-refractivity contribution in [2.75, 3.05) is 0 Å². The molecule has 7 rings (SSSR count). The molecule has 0 aliphatic heterocycles. The van der Waals surface area contributed by atoms with E-state index in [2.05, 4.69) is 0 Å². The van der Waals surface area contributed by atoms with E-state index in [0.29, 0.717) is 12.2 Å². The smallest absolute Gasteiger partial charge is 0.401 e. The zero-order chi connectivity index (χ0) is 48.3. The van der Waals surface area contributed by atoms with Crippen molar-refractivity contribution < 1.29 is 102 Å². The number of aromatic carboxylic acids is 1. The van der Waals surface area contributed by atoms with E-state index in [4.69, 9.17) is 0 Å². The Kier molecular flexibility index (Phi) is 12.7. The van der Waals surface area contributed by atoms with E-state index in [1.54, 1.807) is 6.07 Å². The first kappa shape index (κ1) is 47.3. The molecule has 0 saturated carbocycles. The van der Waals surface area contributed by atoms with Gasteiger partial charge >= 0.3 is 5.97 Å². The van der Waals surface area contributed by atoms with Crippen molar-refractivity contribution in [2.24, 2.45) is 0 Å². The van der Waals surface area contributed by atoms with Crippen molar-refractivity contribution in [1.82, 2.24) is 0 Å². The Morgan fingerprint density at radius 1 is 0.369 bits per heavy atom. The number of aromatic nitrogens is 1. The first-order valence-corrected chi connectivity index (χ1v) is 17.4. The molecule has 24 heteroatoms. The average Bonchev–Trinajstić information content (AvgIpc) is 3.29. The summed E-state index contributed by atoms with van der Waals surface area (Å²) in [5.74, 6) is -72.3. The molecule has 3 nitrogen and oxygen atoms in total. The molecule has 0 aliphatic carbocycles. The number of carboxylic acid groups (broad SMARTS) is 1. The molecule has 0 spiro atoms. The molecule has 0 fully saturated rings. The molecule has 0 radical (unpaired) electrons. The fourth-order valence-corrected chi connectivity index (χ4v) is 7.26. The SMILES string of the molecule is Fc1c(F)c(F)c([B-](c2c(F)c(F)c(F)c(F)c2F)(c2c(F)c(F)c(F)c(F)c2F)c2c(F)c(F)c(F)c(F)c2F)c(F)c1F.O=C(O)c1ccc2ccccc2[n+]1Cc1ccccc1. The van der Waals surface area contributed by atoms with E-state index in [0.717, 1.165) is 16.5 Å². The summed E-state index contributed by atoms with van der Waals surface area (Å²) in [5.41, 5.74) is -12.0. The normalized spacial score (nSPS) is 11.6. The van der Waals surface area contributed by atoms with Crippen LogP contribution in [-0.2, 0) is 6.54 Å². The maximum Gasteiger partial charge on any atom is 0.401 e. The second-order valence-corrected chi connectivity index (χ2v) is 13.5. The van der Waals surface area contributed by atoms with Crippen LogP contribution in [0.4, 0.5) is 87.8 Å². The van der Waals surface area contributed by atoms with Gasteiger partial charge in [-0.2, -0.15) is 4.57 Å². The molecule has 1 N–H and O–H groups in total. The Morgan fingerprint density at radius 2 is 0.646 bits per heavy atom. The highest BCUT2D eigenvalue weighted by atomic mass is 19.2. The van der Waals surface area contributed by atoms with E-state index >= 15 is 35.1 Å². The van der Waals surface area contributed by atoms with E-state index in [9.17, 15) is 62.6 Å². The predicted molar refractivity (Wildman–Crippen MR) is 186 cm³/mol. The predicted octanol–water partition coefficient (Wildman–Crippen LogP) is 8.72. The topological polar surface area (TPSA) is 41.2 Å². The Labute approximate surface area is 347 Å². The lowest BCUT2D eigenvalue weighted by atomic mass is 9.12. The first-order chi connectivity index (χ1) is 30.5. The number of hydrogen-bond acceptors (Lipinski definition) is 1. The van der Waals surface area contributed by atoms with Gasteiger partial charge in [0.05, 0.1) is 0 Å². The Hall–Kier alpha value is -7.14. The monoisotopic (exact) mass is 943 g/mol. The Bertz CT molecular complexity index is 2730. The molecule has 0 aliphatic rings. The average molecular weight is 943 g/mol. The van der Waals surface area contributed by atoms with Gasteiger partial charge in [-0.1, -0.05) is 42.5 Å². The van der Waals surface area contributed by atoms with Crippen molar-refractivity contribution in [2.45, 2.75) is 6.54 Å². The van der Waals surface area contributed by atoms with E-state index in [1.165, 1.54) is 0 Å². The highest BCUT2D eigenvalue weighted by Gasteiger charge is 2.52. The summed E-state index contributed by atoms with van der Waals surface area (Å²) in [6.07, 6.45) is -7.22. The van der Waals surface area contributed by atoms with Crippen LogP contribution in [0.1, 0.15) is 16.1 Å². The standard InChI is InChI=1S/C24BF20.C17H13NO2/c26-5-1(6(27)14(35)21(42)13(5)34)25(2-7(28)15(36)22(43)16(37)8(2)29,3-9(30)17(38)23(44)18(39)10(3)31)4-11(32)19(40)24(45)20(41)12(4)33;19-17(20)16-11-10-14-8-4-5-9-15(14)18(16)12-13-6-2-1-3-7-13/h;1-11H,12H2/q-1;/p+1. The highest BCUT2D eigenvalue weighted by Crippen LogP contribution is 2.31. The van der Waals surface area contributed by atoms with Gasteiger partial charge in [-0.15, -0.1) is 21.9 Å². The van der Waals surface area contributed by atoms with Gasteiger partial charge in [0.25, 0.3) is 5.69 Å². The number of carboxylic acids is 1. The molecule has 0 amide bonds. The van der Waals surface area contributed by atoms with Crippen LogP contribution in [0.15, 0.2) is 66.7 Å². The second-order valence-electron chi connectivity index (χ2n) is 13.5. The lowest BCUT2D eigenvalue weighted by molar-refractivity contribution is -0.664. The third-order valence-electron chi connectivity index (χ3n) is 10.0. The van der Waals surface area contributed by atoms with Crippen molar-refractivity contribution in [3.8, 4) is 0 Å². The fraction of sp³-hybridized carbons (Fsp3) is 0.0244. The van der Waals surface area contributed by atoms with Gasteiger partial charge in [-0.25, -0.2) is 92.6 Å². The van der Waals surface area contributed by atoms with Gasteiger partial charge in [0, 0.05) is 23.1 Å². The number of fused-ring (bicyclic) bond motifs is 1. The molecule has 0 unspecified atom stereocenters. The van der Waals surface area contributed by atoms with Crippen LogP contribution in [-0.4, -0.2) is 17.2 Å². The minimum absolute atomic E-state index is 0.299. The van der Waals surface area contributed by atoms with Gasteiger partial charge < -0.3 is 5.11 Å². The number of hydrogen-bond donors (Lipinski definition) is 1. The van der Waals surface area contributed by atoms with Crippen molar-refractivity contribution in [3.05, 3.63) is 194 Å². The van der Waals surface area contributed by atoms with Gasteiger partial charge in [0.15, 0.2) is 76.4 Å². The number of pyridine rings is 1. The summed E-state index contributed by atoms with van der Waals surface area (Å²) in [5, 5.41) is 10.4. The molecule has 1 heterocycles.